The highest BCUT2D eigenvalue weighted by molar-refractivity contribution is 7.09. The lowest BCUT2D eigenvalue weighted by atomic mass is 10.1. The highest BCUT2D eigenvalue weighted by Gasteiger charge is 2.14. The lowest BCUT2D eigenvalue weighted by molar-refractivity contribution is 0.551. The minimum atomic E-state index is 0.286. The maximum absolute atomic E-state index is 4.11. The topological polar surface area (TPSA) is 55.6 Å². The zero-order chi connectivity index (χ0) is 11.4. The third kappa shape index (κ3) is 2.65. The molecule has 5 nitrogen and oxygen atoms in total. The third-order valence-corrected chi connectivity index (χ3v) is 3.20. The summed E-state index contributed by atoms with van der Waals surface area (Å²) in [4.78, 5) is 5.35. The summed E-state index contributed by atoms with van der Waals surface area (Å²) in [7, 11) is 1.88. The van der Waals surface area contributed by atoms with Crippen LogP contribution in [0.5, 0.6) is 0 Å². The Morgan fingerprint density at radius 1 is 1.56 bits per heavy atom. The second kappa shape index (κ2) is 5.18. The van der Waals surface area contributed by atoms with Crippen LogP contribution in [-0.2, 0) is 13.5 Å². The Hall–Kier alpha value is -1.27. The van der Waals surface area contributed by atoms with Crippen LogP contribution in [0.3, 0.4) is 0 Å². The van der Waals surface area contributed by atoms with Crippen molar-refractivity contribution in [2.45, 2.75) is 19.4 Å². The molecule has 0 spiro atoms. The van der Waals surface area contributed by atoms with E-state index in [0.29, 0.717) is 0 Å². The average Bonchev–Trinajstić information content (AvgIpc) is 2.88. The van der Waals surface area contributed by atoms with Gasteiger partial charge in [0.2, 0.25) is 0 Å². The van der Waals surface area contributed by atoms with E-state index in [-0.39, 0.29) is 6.04 Å². The Morgan fingerprint density at radius 2 is 2.44 bits per heavy atom. The van der Waals surface area contributed by atoms with Crippen LogP contribution in [0, 0.1) is 0 Å². The summed E-state index contributed by atoms with van der Waals surface area (Å²) in [6.45, 7) is 3.04. The van der Waals surface area contributed by atoms with Gasteiger partial charge in [-0.3, -0.25) is 9.67 Å². The molecule has 86 valence electrons. The van der Waals surface area contributed by atoms with Gasteiger partial charge in [0.1, 0.15) is 0 Å². The second-order valence-corrected chi connectivity index (χ2v) is 4.52. The summed E-state index contributed by atoms with van der Waals surface area (Å²) in [6.07, 6.45) is 4.71. The maximum Gasteiger partial charge on any atom is 0.0846 e. The Bertz CT molecular complexity index is 422. The predicted molar refractivity (Wildman–Crippen MR) is 63.2 cm³/mol. The van der Waals surface area contributed by atoms with Crippen molar-refractivity contribution >= 4 is 11.3 Å². The maximum atomic E-state index is 4.11. The smallest absolute Gasteiger partial charge is 0.0846 e. The number of hydrogen-bond acceptors (Lipinski definition) is 5. The fourth-order valence-corrected chi connectivity index (χ4v) is 2.31. The first kappa shape index (κ1) is 11.2. The quantitative estimate of drug-likeness (QED) is 0.848. The van der Waals surface area contributed by atoms with Crippen LogP contribution in [-0.4, -0.2) is 26.5 Å². The van der Waals surface area contributed by atoms with Gasteiger partial charge in [-0.1, -0.05) is 12.1 Å². The number of nitrogens with one attached hydrogen (secondary N) is 1. The molecule has 0 aliphatic rings. The van der Waals surface area contributed by atoms with Crippen molar-refractivity contribution in [1.29, 1.82) is 0 Å². The van der Waals surface area contributed by atoms with Gasteiger partial charge in [-0.05, 0) is 6.54 Å². The number of thiazole rings is 1. The second-order valence-electron chi connectivity index (χ2n) is 3.60. The highest BCUT2D eigenvalue weighted by Crippen LogP contribution is 2.20. The predicted octanol–water partition coefficient (Wildman–Crippen LogP) is 1.16. The van der Waals surface area contributed by atoms with Crippen LogP contribution < -0.4 is 5.32 Å². The van der Waals surface area contributed by atoms with Crippen LogP contribution in [0.1, 0.15) is 23.5 Å². The molecular weight excluding hydrogens is 222 g/mol. The fraction of sp³-hybridized carbons (Fsp3) is 0.500. The van der Waals surface area contributed by atoms with E-state index in [0.717, 1.165) is 18.7 Å². The first-order valence-electron chi connectivity index (χ1n) is 5.26. The average molecular weight is 237 g/mol. The molecule has 16 heavy (non-hydrogen) atoms. The summed E-state index contributed by atoms with van der Waals surface area (Å²) in [5, 5.41) is 11.5. The molecule has 0 saturated heterocycles. The van der Waals surface area contributed by atoms with E-state index < -0.39 is 0 Å². The molecule has 1 unspecified atom stereocenters. The molecule has 0 aromatic carbocycles. The van der Waals surface area contributed by atoms with Crippen LogP contribution in [0.4, 0.5) is 0 Å². The first-order valence-corrected chi connectivity index (χ1v) is 6.14. The molecule has 0 saturated carbocycles. The molecule has 2 heterocycles. The van der Waals surface area contributed by atoms with Crippen molar-refractivity contribution in [2.75, 3.05) is 6.54 Å². The Kier molecular flexibility index (Phi) is 3.63. The van der Waals surface area contributed by atoms with Gasteiger partial charge in [0.15, 0.2) is 0 Å². The summed E-state index contributed by atoms with van der Waals surface area (Å²) >= 11 is 1.67. The zero-order valence-electron chi connectivity index (χ0n) is 9.42. The lowest BCUT2D eigenvalue weighted by Crippen LogP contribution is -2.22. The van der Waals surface area contributed by atoms with Crippen LogP contribution in [0.2, 0.25) is 0 Å². The minimum absolute atomic E-state index is 0.286. The molecule has 0 aliphatic carbocycles. The molecule has 6 heteroatoms. The molecule has 0 amide bonds. The number of likely N-dealkylation sites (N-methyl/N-ethyl adjacent to an activating group) is 1. The van der Waals surface area contributed by atoms with Gasteiger partial charge in [-0.15, -0.1) is 16.4 Å². The number of aryl methyl sites for hydroxylation is 1. The van der Waals surface area contributed by atoms with E-state index in [1.807, 2.05) is 25.0 Å². The van der Waals surface area contributed by atoms with E-state index in [1.165, 1.54) is 4.88 Å². The Morgan fingerprint density at radius 3 is 3.00 bits per heavy atom. The van der Waals surface area contributed by atoms with Gasteiger partial charge in [-0.25, -0.2) is 0 Å². The summed E-state index contributed by atoms with van der Waals surface area (Å²) in [5.74, 6) is 0. The van der Waals surface area contributed by atoms with Crippen molar-refractivity contribution in [3.05, 3.63) is 28.5 Å². The van der Waals surface area contributed by atoms with E-state index in [4.69, 9.17) is 0 Å². The molecule has 1 N–H and O–H groups in total. The van der Waals surface area contributed by atoms with E-state index in [1.54, 1.807) is 16.0 Å². The first-order chi connectivity index (χ1) is 7.79. The van der Waals surface area contributed by atoms with Crippen LogP contribution in [0.15, 0.2) is 17.9 Å². The number of rotatable bonds is 5. The largest absolute Gasteiger partial charge is 0.309 e. The Balaban J connectivity index is 2.09. The van der Waals surface area contributed by atoms with Crippen molar-refractivity contribution in [1.82, 2.24) is 25.3 Å². The molecule has 2 rings (SSSR count). The van der Waals surface area contributed by atoms with E-state index in [2.05, 4.69) is 27.5 Å². The highest BCUT2D eigenvalue weighted by atomic mass is 32.1. The molecule has 2 aromatic heterocycles. The summed E-state index contributed by atoms with van der Waals surface area (Å²) in [5.41, 5.74) is 2.86. The van der Waals surface area contributed by atoms with Crippen molar-refractivity contribution < 1.29 is 0 Å². The third-order valence-electron chi connectivity index (χ3n) is 2.31. The molecule has 1 atom stereocenters. The molecule has 0 aliphatic heterocycles. The minimum Gasteiger partial charge on any atom is -0.309 e. The number of hydrogen-bond donors (Lipinski definition) is 1. The van der Waals surface area contributed by atoms with Crippen molar-refractivity contribution in [3.63, 3.8) is 0 Å². The zero-order valence-corrected chi connectivity index (χ0v) is 10.2. The molecule has 0 bridgehead atoms. The molecular formula is C10H15N5S. The van der Waals surface area contributed by atoms with Crippen molar-refractivity contribution in [3.8, 4) is 0 Å². The standard InChI is InChI=1S/C10H15N5S/c1-3-12-9(10-5-11-7-16-10)4-8-6-15(2)14-13-8/h5-7,9,12H,3-4H2,1-2H3. The molecule has 0 radical (unpaired) electrons. The van der Waals surface area contributed by atoms with E-state index >= 15 is 0 Å². The van der Waals surface area contributed by atoms with Gasteiger partial charge in [-0.2, -0.15) is 0 Å². The van der Waals surface area contributed by atoms with Gasteiger partial charge in [0.25, 0.3) is 0 Å². The Labute approximate surface area is 98.5 Å². The lowest BCUT2D eigenvalue weighted by Gasteiger charge is -2.13. The monoisotopic (exact) mass is 237 g/mol. The van der Waals surface area contributed by atoms with Crippen LogP contribution >= 0.6 is 11.3 Å². The summed E-state index contributed by atoms with van der Waals surface area (Å²) in [6, 6.07) is 0.286. The number of nitrogens with zero attached hydrogens (tertiary/aromatic N) is 4. The van der Waals surface area contributed by atoms with Gasteiger partial charge in [0, 0.05) is 36.8 Å². The van der Waals surface area contributed by atoms with Gasteiger partial charge >= 0.3 is 0 Å². The molecule has 2 aromatic rings. The molecule has 0 fully saturated rings. The number of aromatic nitrogens is 4. The van der Waals surface area contributed by atoms with E-state index in [9.17, 15) is 0 Å². The normalized spacial score (nSPS) is 12.9. The SMILES string of the molecule is CCNC(Cc1cn(C)nn1)c1cncs1. The summed E-state index contributed by atoms with van der Waals surface area (Å²) < 4.78 is 1.73. The van der Waals surface area contributed by atoms with Crippen LogP contribution in [0.25, 0.3) is 0 Å². The van der Waals surface area contributed by atoms with Crippen molar-refractivity contribution in [2.24, 2.45) is 7.05 Å². The van der Waals surface area contributed by atoms with Gasteiger partial charge < -0.3 is 5.32 Å². The fourth-order valence-electron chi connectivity index (χ4n) is 1.62. The van der Waals surface area contributed by atoms with Gasteiger partial charge in [0.05, 0.1) is 11.2 Å².